The number of rotatable bonds is 2. The molecular formula is C18H18BN. The summed E-state index contributed by atoms with van der Waals surface area (Å²) in [6, 6.07) is 19.6. The van der Waals surface area contributed by atoms with Gasteiger partial charge in [0.2, 0.25) is 0 Å². The Labute approximate surface area is 121 Å². The van der Waals surface area contributed by atoms with Crippen molar-refractivity contribution in [3.8, 4) is 6.07 Å². The highest BCUT2D eigenvalue weighted by Gasteiger charge is 2.38. The van der Waals surface area contributed by atoms with Crippen molar-refractivity contribution in [2.75, 3.05) is 0 Å². The summed E-state index contributed by atoms with van der Waals surface area (Å²) in [4.78, 5) is 0. The highest BCUT2D eigenvalue weighted by Crippen LogP contribution is 2.42. The molecule has 0 radical (unpaired) electrons. The molecule has 2 heteroatoms. The molecule has 0 spiro atoms. The zero-order valence-electron chi connectivity index (χ0n) is 11.9. The minimum Gasteiger partial charge on any atom is -0.197 e. The van der Waals surface area contributed by atoms with Gasteiger partial charge in [-0.2, -0.15) is 5.26 Å². The van der Waals surface area contributed by atoms with E-state index in [2.05, 4.69) is 62.4 Å². The third kappa shape index (κ3) is 1.86. The van der Waals surface area contributed by atoms with Gasteiger partial charge in [0.25, 0.3) is 0 Å². The van der Waals surface area contributed by atoms with Crippen molar-refractivity contribution in [1.82, 2.24) is 0 Å². The number of hydrogen-bond donors (Lipinski definition) is 0. The quantitative estimate of drug-likeness (QED) is 0.760. The molecule has 0 bridgehead atoms. The summed E-state index contributed by atoms with van der Waals surface area (Å²) in [7, 11) is 2.16. The molecule has 2 aromatic rings. The van der Waals surface area contributed by atoms with E-state index >= 15 is 0 Å². The third-order valence-corrected chi connectivity index (χ3v) is 4.43. The van der Waals surface area contributed by atoms with Crippen LogP contribution in [0.1, 0.15) is 28.7 Å². The molecule has 0 fully saturated rings. The summed E-state index contributed by atoms with van der Waals surface area (Å²) >= 11 is 0. The van der Waals surface area contributed by atoms with Crippen LogP contribution in [0.5, 0.6) is 0 Å². The van der Waals surface area contributed by atoms with Crippen LogP contribution >= 0.6 is 0 Å². The molecule has 0 aliphatic heterocycles. The van der Waals surface area contributed by atoms with Crippen molar-refractivity contribution in [3.63, 3.8) is 0 Å². The molecule has 0 aromatic heterocycles. The first-order valence-corrected chi connectivity index (χ1v) is 7.40. The first-order chi connectivity index (χ1) is 9.81. The predicted molar refractivity (Wildman–Crippen MR) is 84.7 cm³/mol. The van der Waals surface area contributed by atoms with Crippen LogP contribution in [-0.2, 0) is 18.3 Å². The van der Waals surface area contributed by atoms with Gasteiger partial charge in [-0.15, -0.1) is 0 Å². The normalized spacial score (nSPS) is 15.6. The first kappa shape index (κ1) is 13.0. The lowest BCUT2D eigenvalue weighted by molar-refractivity contribution is 0.628. The molecule has 2 aromatic carbocycles. The summed E-state index contributed by atoms with van der Waals surface area (Å²) < 4.78 is 0. The van der Waals surface area contributed by atoms with Crippen molar-refractivity contribution >= 4 is 7.85 Å². The topological polar surface area (TPSA) is 23.8 Å². The number of hydrogen-bond acceptors (Lipinski definition) is 1. The Hall–Kier alpha value is -2.01. The molecule has 98 valence electrons. The van der Waals surface area contributed by atoms with Crippen LogP contribution in [0.3, 0.4) is 0 Å². The summed E-state index contributed by atoms with van der Waals surface area (Å²) in [5.41, 5.74) is 4.62. The molecule has 1 nitrogen and oxygen atoms in total. The molecule has 0 amide bonds. The van der Waals surface area contributed by atoms with Gasteiger partial charge in [-0.05, 0) is 41.5 Å². The van der Waals surface area contributed by atoms with Crippen LogP contribution < -0.4 is 0 Å². The maximum atomic E-state index is 10.0. The second-order valence-electron chi connectivity index (χ2n) is 5.58. The van der Waals surface area contributed by atoms with Gasteiger partial charge in [-0.3, -0.25) is 0 Å². The minimum absolute atomic E-state index is 0.474. The van der Waals surface area contributed by atoms with E-state index in [4.69, 9.17) is 0 Å². The predicted octanol–water partition coefficient (Wildman–Crippen LogP) is 3.04. The summed E-state index contributed by atoms with van der Waals surface area (Å²) in [6.45, 7) is 0. The van der Waals surface area contributed by atoms with Gasteiger partial charge in [0.05, 0.1) is 6.07 Å². The van der Waals surface area contributed by atoms with Gasteiger partial charge in [0.15, 0.2) is 0 Å². The summed E-state index contributed by atoms with van der Waals surface area (Å²) in [5, 5.41) is 10.0. The molecule has 1 aliphatic rings. The van der Waals surface area contributed by atoms with Gasteiger partial charge in [-0.1, -0.05) is 54.9 Å². The number of aryl methyl sites for hydroxylation is 2. The minimum atomic E-state index is -0.474. The van der Waals surface area contributed by atoms with E-state index in [0.29, 0.717) is 0 Å². The Morgan fingerprint density at radius 1 is 0.950 bits per heavy atom. The van der Waals surface area contributed by atoms with Crippen LogP contribution in [0.2, 0.25) is 6.32 Å². The largest absolute Gasteiger partial charge is 0.197 e. The van der Waals surface area contributed by atoms with Gasteiger partial charge in [-0.25, -0.2) is 0 Å². The van der Waals surface area contributed by atoms with Crippen molar-refractivity contribution in [2.45, 2.75) is 31.0 Å². The van der Waals surface area contributed by atoms with Crippen LogP contribution in [0.25, 0.3) is 0 Å². The van der Waals surface area contributed by atoms with E-state index in [1.807, 2.05) is 0 Å². The van der Waals surface area contributed by atoms with Crippen molar-refractivity contribution in [2.24, 2.45) is 0 Å². The van der Waals surface area contributed by atoms with E-state index in [0.717, 1.165) is 25.6 Å². The number of fused-ring (bicyclic) bond motifs is 2. The number of nitriles is 1. The Bertz CT molecular complexity index is 622. The molecule has 0 unspecified atom stereocenters. The van der Waals surface area contributed by atoms with Crippen molar-refractivity contribution in [3.05, 3.63) is 70.8 Å². The van der Waals surface area contributed by atoms with E-state index < -0.39 is 5.41 Å². The van der Waals surface area contributed by atoms with E-state index in [1.54, 1.807) is 0 Å². The fourth-order valence-electron chi connectivity index (χ4n) is 3.54. The number of benzene rings is 2. The molecule has 0 atom stereocenters. The molecule has 20 heavy (non-hydrogen) atoms. The second-order valence-corrected chi connectivity index (χ2v) is 5.58. The van der Waals surface area contributed by atoms with Crippen LogP contribution in [0.15, 0.2) is 48.5 Å². The molecule has 0 saturated carbocycles. The molecule has 0 heterocycles. The number of nitrogens with zero attached hydrogens (tertiary/aromatic N) is 1. The maximum absolute atomic E-state index is 10.0. The Kier molecular flexibility index (Phi) is 3.36. The fourth-order valence-corrected chi connectivity index (χ4v) is 3.54. The standard InChI is InChI=1S/C18H18BN/c19-12-11-18(13-20)16-7-3-1-5-14(16)9-10-15-6-2-4-8-17(15)18/h1-8H,9-12,19H2. The Morgan fingerprint density at radius 3 is 1.90 bits per heavy atom. The SMILES string of the molecule is BCCC1(C#N)c2ccccc2CCc2ccccc21. The van der Waals surface area contributed by atoms with Gasteiger partial charge < -0.3 is 0 Å². The second kappa shape index (κ2) is 5.17. The molecule has 0 N–H and O–H groups in total. The lowest BCUT2D eigenvalue weighted by atomic mass is 9.69. The van der Waals surface area contributed by atoms with E-state index in [9.17, 15) is 5.26 Å². The lowest BCUT2D eigenvalue weighted by Crippen LogP contribution is -2.27. The molecule has 1 aliphatic carbocycles. The average molecular weight is 259 g/mol. The zero-order valence-corrected chi connectivity index (χ0v) is 11.9. The van der Waals surface area contributed by atoms with Crippen molar-refractivity contribution < 1.29 is 0 Å². The molecule has 3 rings (SSSR count). The maximum Gasteiger partial charge on any atom is 0.107 e. The smallest absolute Gasteiger partial charge is 0.107 e. The lowest BCUT2D eigenvalue weighted by Gasteiger charge is -2.29. The first-order valence-electron chi connectivity index (χ1n) is 7.40. The fraction of sp³-hybridized carbons (Fsp3) is 0.278. The molecule has 0 saturated heterocycles. The zero-order chi connectivity index (χ0) is 14.0. The summed E-state index contributed by atoms with van der Waals surface area (Å²) in [5.74, 6) is 0. The molecular weight excluding hydrogens is 241 g/mol. The van der Waals surface area contributed by atoms with Gasteiger partial charge in [0.1, 0.15) is 13.3 Å². The Morgan fingerprint density at radius 2 is 1.45 bits per heavy atom. The highest BCUT2D eigenvalue weighted by molar-refractivity contribution is 6.08. The highest BCUT2D eigenvalue weighted by atomic mass is 14.4. The average Bonchev–Trinajstić information content (AvgIpc) is 2.64. The van der Waals surface area contributed by atoms with E-state index in [-0.39, 0.29) is 0 Å². The van der Waals surface area contributed by atoms with Crippen LogP contribution in [0, 0.1) is 11.3 Å². The van der Waals surface area contributed by atoms with Gasteiger partial charge >= 0.3 is 0 Å². The monoisotopic (exact) mass is 259 g/mol. The van der Waals surface area contributed by atoms with Crippen molar-refractivity contribution in [1.29, 1.82) is 5.26 Å². The summed E-state index contributed by atoms with van der Waals surface area (Å²) in [6.07, 6.45) is 3.95. The Balaban J connectivity index is 2.32. The van der Waals surface area contributed by atoms with Crippen LogP contribution in [0.4, 0.5) is 0 Å². The third-order valence-electron chi connectivity index (χ3n) is 4.43. The van der Waals surface area contributed by atoms with Gasteiger partial charge in [0, 0.05) is 0 Å². The van der Waals surface area contributed by atoms with E-state index in [1.165, 1.54) is 22.3 Å². The van der Waals surface area contributed by atoms with Crippen LogP contribution in [-0.4, -0.2) is 7.85 Å².